The van der Waals surface area contributed by atoms with Gasteiger partial charge in [-0.3, -0.25) is 14.2 Å². The summed E-state index contributed by atoms with van der Waals surface area (Å²) in [6, 6.07) is 10.0. The predicted octanol–water partition coefficient (Wildman–Crippen LogP) is 1.22. The Bertz CT molecular complexity index is 1600. The van der Waals surface area contributed by atoms with Crippen LogP contribution in [-0.2, 0) is 40.2 Å². The first kappa shape index (κ1) is 22.7. The number of aromatic nitrogens is 3. The number of sulfonamides is 1. The molecule has 1 N–H and O–H groups in total. The number of anilines is 1. The Kier molecular flexibility index (Phi) is 5.97. The Morgan fingerprint density at radius 2 is 2.06 bits per heavy atom. The van der Waals surface area contributed by atoms with E-state index >= 15 is 0 Å². The van der Waals surface area contributed by atoms with Crippen molar-refractivity contribution in [2.45, 2.75) is 24.4 Å². The van der Waals surface area contributed by atoms with E-state index in [4.69, 9.17) is 4.42 Å². The van der Waals surface area contributed by atoms with Gasteiger partial charge in [0, 0.05) is 30.7 Å². The van der Waals surface area contributed by atoms with Gasteiger partial charge in [-0.15, -0.1) is 0 Å². The van der Waals surface area contributed by atoms with E-state index in [-0.39, 0.29) is 28.0 Å². The van der Waals surface area contributed by atoms with E-state index in [0.29, 0.717) is 18.6 Å². The number of benzene rings is 2. The monoisotopic (exact) mass is 521 g/mol. The zero-order valence-electron chi connectivity index (χ0n) is 17.6. The molecule has 0 unspecified atom stereocenters. The van der Waals surface area contributed by atoms with Crippen LogP contribution in [0.5, 0.6) is 0 Å². The van der Waals surface area contributed by atoms with Crippen LogP contribution in [0.3, 0.4) is 0 Å². The highest BCUT2D eigenvalue weighted by Gasteiger charge is 2.22. The SMILES string of the molecule is O=c1oc2cc(S(=O)(=O)Nc3ncns3)ccc2n1Cc1cccc2c1CN(C[SH](=O)=O)CC2. The Hall–Kier alpha value is -3.07. The molecule has 0 radical (unpaired) electrons. The Morgan fingerprint density at radius 1 is 1.21 bits per heavy atom. The summed E-state index contributed by atoms with van der Waals surface area (Å²) < 4.78 is 60.6. The third-order valence-electron chi connectivity index (χ3n) is 5.63. The van der Waals surface area contributed by atoms with Gasteiger partial charge in [-0.25, -0.2) is 26.6 Å². The third-order valence-corrected chi connectivity index (χ3v) is 8.30. The van der Waals surface area contributed by atoms with E-state index in [2.05, 4.69) is 14.1 Å². The van der Waals surface area contributed by atoms with Gasteiger partial charge in [0.15, 0.2) is 16.3 Å². The lowest BCUT2D eigenvalue weighted by Crippen LogP contribution is -2.33. The summed E-state index contributed by atoms with van der Waals surface area (Å²) in [7, 11) is -6.46. The average Bonchev–Trinajstić information content (AvgIpc) is 3.40. The molecule has 0 atom stereocenters. The van der Waals surface area contributed by atoms with Crippen LogP contribution in [0.25, 0.3) is 11.1 Å². The summed E-state index contributed by atoms with van der Waals surface area (Å²) in [6.45, 7) is 1.33. The minimum Gasteiger partial charge on any atom is -0.408 e. The first-order valence-corrected chi connectivity index (χ1v) is 13.8. The van der Waals surface area contributed by atoms with E-state index < -0.39 is 26.5 Å². The second-order valence-corrected chi connectivity index (χ2v) is 11.2. The zero-order valence-corrected chi connectivity index (χ0v) is 20.1. The molecule has 0 amide bonds. The highest BCUT2D eigenvalue weighted by Crippen LogP contribution is 2.26. The van der Waals surface area contributed by atoms with Crippen molar-refractivity contribution in [1.82, 2.24) is 18.8 Å². The number of thiol groups is 1. The molecule has 0 bridgehead atoms. The number of hydrogen-bond donors (Lipinski definition) is 2. The minimum absolute atomic E-state index is 0.0139. The second-order valence-electron chi connectivity index (χ2n) is 7.77. The van der Waals surface area contributed by atoms with Crippen LogP contribution in [0, 0.1) is 0 Å². The zero-order chi connectivity index (χ0) is 23.9. The molecule has 14 heteroatoms. The summed E-state index contributed by atoms with van der Waals surface area (Å²) in [5.41, 5.74) is 3.58. The molecule has 2 aromatic heterocycles. The maximum atomic E-state index is 12.7. The molecule has 2 aromatic carbocycles. The summed E-state index contributed by atoms with van der Waals surface area (Å²) in [4.78, 5) is 18.3. The van der Waals surface area contributed by atoms with Crippen molar-refractivity contribution in [3.8, 4) is 0 Å². The first-order valence-electron chi connectivity index (χ1n) is 10.2. The van der Waals surface area contributed by atoms with Crippen LogP contribution < -0.4 is 10.5 Å². The molecule has 0 fully saturated rings. The van der Waals surface area contributed by atoms with Crippen molar-refractivity contribution >= 4 is 48.5 Å². The Balaban J connectivity index is 1.47. The quantitative estimate of drug-likeness (QED) is 0.343. The van der Waals surface area contributed by atoms with Crippen molar-refractivity contribution in [1.29, 1.82) is 0 Å². The van der Waals surface area contributed by atoms with Crippen LogP contribution in [0.4, 0.5) is 5.13 Å². The van der Waals surface area contributed by atoms with Crippen LogP contribution >= 0.6 is 11.5 Å². The number of rotatable bonds is 7. The maximum absolute atomic E-state index is 12.7. The number of nitrogens with one attached hydrogen (secondary N) is 1. The van der Waals surface area contributed by atoms with Gasteiger partial charge < -0.3 is 4.42 Å². The van der Waals surface area contributed by atoms with E-state index in [1.807, 2.05) is 23.1 Å². The first-order chi connectivity index (χ1) is 16.3. The van der Waals surface area contributed by atoms with E-state index in [1.54, 1.807) is 0 Å². The van der Waals surface area contributed by atoms with E-state index in [9.17, 15) is 21.6 Å². The molecule has 0 saturated carbocycles. The molecule has 0 spiro atoms. The number of hydrogen-bond acceptors (Lipinski definition) is 10. The highest BCUT2D eigenvalue weighted by molar-refractivity contribution is 7.93. The lowest BCUT2D eigenvalue weighted by atomic mass is 9.95. The molecule has 4 aromatic rings. The lowest BCUT2D eigenvalue weighted by Gasteiger charge is -2.28. The van der Waals surface area contributed by atoms with Gasteiger partial charge >= 0.3 is 5.76 Å². The summed E-state index contributed by atoms with van der Waals surface area (Å²) in [5, 5.41) is 0.128. The van der Waals surface area contributed by atoms with Crippen LogP contribution in [-0.4, -0.2) is 48.1 Å². The largest absolute Gasteiger partial charge is 0.420 e. The molecular weight excluding hydrogens is 502 g/mol. The normalized spacial score (nSPS) is 14.5. The van der Waals surface area contributed by atoms with Crippen LogP contribution in [0.1, 0.15) is 16.7 Å². The molecule has 5 rings (SSSR count). The van der Waals surface area contributed by atoms with Gasteiger partial charge in [0.05, 0.1) is 22.8 Å². The number of oxazole rings is 1. The molecule has 0 aliphatic carbocycles. The lowest BCUT2D eigenvalue weighted by molar-refractivity contribution is 0.293. The maximum Gasteiger partial charge on any atom is 0.420 e. The number of fused-ring (bicyclic) bond motifs is 2. The molecule has 11 nitrogen and oxygen atoms in total. The van der Waals surface area contributed by atoms with Crippen molar-refractivity contribution in [2.75, 3.05) is 17.1 Å². The van der Waals surface area contributed by atoms with Gasteiger partial charge in [0.1, 0.15) is 6.33 Å². The highest BCUT2D eigenvalue weighted by atomic mass is 32.2. The fraction of sp³-hybridized carbons (Fsp3) is 0.250. The van der Waals surface area contributed by atoms with Gasteiger partial charge in [-0.2, -0.15) is 4.37 Å². The molecule has 1 aliphatic heterocycles. The summed E-state index contributed by atoms with van der Waals surface area (Å²) in [6.07, 6.45) is 1.96. The predicted molar refractivity (Wildman–Crippen MR) is 126 cm³/mol. The fourth-order valence-electron chi connectivity index (χ4n) is 4.06. The van der Waals surface area contributed by atoms with Crippen molar-refractivity contribution in [3.05, 3.63) is 70.0 Å². The van der Waals surface area contributed by atoms with Gasteiger partial charge in [0.2, 0.25) is 5.13 Å². The van der Waals surface area contributed by atoms with E-state index in [0.717, 1.165) is 34.6 Å². The van der Waals surface area contributed by atoms with Crippen molar-refractivity contribution in [3.63, 3.8) is 0 Å². The fourth-order valence-corrected chi connectivity index (χ4v) is 6.31. The summed E-state index contributed by atoms with van der Waals surface area (Å²) in [5.74, 6) is -0.630. The van der Waals surface area contributed by atoms with E-state index in [1.165, 1.54) is 29.1 Å². The van der Waals surface area contributed by atoms with Crippen LogP contribution in [0.15, 0.2) is 56.8 Å². The molecule has 1 aliphatic rings. The number of nitrogens with zero attached hydrogens (tertiary/aromatic N) is 4. The minimum atomic E-state index is -3.93. The molecular formula is C20H19N5O6S3. The third kappa shape index (κ3) is 4.49. The van der Waals surface area contributed by atoms with Crippen molar-refractivity contribution < 1.29 is 21.3 Å². The van der Waals surface area contributed by atoms with Crippen LogP contribution in [0.2, 0.25) is 0 Å². The Labute approximate surface area is 199 Å². The smallest absolute Gasteiger partial charge is 0.408 e. The summed E-state index contributed by atoms with van der Waals surface area (Å²) >= 11 is 0.904. The van der Waals surface area contributed by atoms with Gasteiger partial charge in [0.25, 0.3) is 10.0 Å². The second kappa shape index (κ2) is 8.94. The Morgan fingerprint density at radius 3 is 2.82 bits per heavy atom. The topological polar surface area (TPSA) is 144 Å². The molecule has 178 valence electrons. The molecule has 3 heterocycles. The standard InChI is InChI=1S/C20H19N5O6S3/c26-20-25(9-14-3-1-2-13-6-7-24(10-16(13)14)12-33(27)28)17-5-4-15(8-18(17)31-20)34(29,30)23-19-21-11-22-32-19/h1-5,8,11,33H,6-7,9-10,12H2,(H,21,22,23). The van der Waals surface area contributed by atoms with Crippen molar-refractivity contribution in [2.24, 2.45) is 0 Å². The average molecular weight is 522 g/mol. The van der Waals surface area contributed by atoms with Gasteiger partial charge in [-0.1, -0.05) is 18.2 Å². The van der Waals surface area contributed by atoms with Gasteiger partial charge in [-0.05, 0) is 35.2 Å². The molecule has 34 heavy (non-hydrogen) atoms. The molecule has 0 saturated heterocycles.